The Morgan fingerprint density at radius 3 is 2.28 bits per heavy atom. The van der Waals surface area contributed by atoms with Crippen LogP contribution in [0.25, 0.3) is 0 Å². The second kappa shape index (κ2) is 12.3. The summed E-state index contributed by atoms with van der Waals surface area (Å²) >= 11 is 0. The second-order valence-corrected chi connectivity index (χ2v) is 7.56. The predicted octanol–water partition coefficient (Wildman–Crippen LogP) is 6.03. The van der Waals surface area contributed by atoms with Gasteiger partial charge >= 0.3 is 5.97 Å². The lowest BCUT2D eigenvalue weighted by atomic mass is 9.96. The minimum absolute atomic E-state index is 0.156. The Labute approximate surface area is 175 Å². The van der Waals surface area contributed by atoms with Crippen molar-refractivity contribution in [1.82, 2.24) is 0 Å². The van der Waals surface area contributed by atoms with Crippen LogP contribution >= 0.6 is 0 Å². The third kappa shape index (κ3) is 7.90. The summed E-state index contributed by atoms with van der Waals surface area (Å²) in [6.07, 6.45) is 6.02. The fourth-order valence-corrected chi connectivity index (χ4v) is 3.13. The molecule has 0 aliphatic carbocycles. The van der Waals surface area contributed by atoms with Crippen LogP contribution in [0, 0.1) is 0 Å². The molecule has 0 aromatic heterocycles. The first-order valence-electron chi connectivity index (χ1n) is 10.6. The van der Waals surface area contributed by atoms with E-state index in [-0.39, 0.29) is 12.6 Å². The number of methoxy groups -OCH3 is 1. The Morgan fingerprint density at radius 2 is 1.62 bits per heavy atom. The topological polar surface area (TPSA) is 44.8 Å². The number of ether oxygens (including phenoxy) is 3. The lowest BCUT2D eigenvalue weighted by molar-refractivity contribution is -0.157. The average molecular weight is 399 g/mol. The zero-order valence-electron chi connectivity index (χ0n) is 18.0. The van der Waals surface area contributed by atoms with Crippen molar-refractivity contribution in [3.63, 3.8) is 0 Å². The van der Waals surface area contributed by atoms with E-state index in [1.54, 1.807) is 7.11 Å². The molecule has 0 N–H and O–H groups in total. The Hall–Kier alpha value is -2.33. The van der Waals surface area contributed by atoms with Gasteiger partial charge in [-0.05, 0) is 36.6 Å². The maximum atomic E-state index is 12.2. The van der Waals surface area contributed by atoms with E-state index < -0.39 is 5.60 Å². The molecule has 0 heterocycles. The van der Waals surface area contributed by atoms with Crippen LogP contribution in [0.4, 0.5) is 0 Å². The number of hydrogen-bond acceptors (Lipinski definition) is 4. The van der Waals surface area contributed by atoms with Gasteiger partial charge in [0.1, 0.15) is 18.0 Å². The van der Waals surface area contributed by atoms with E-state index in [1.807, 2.05) is 61.5 Å². The van der Waals surface area contributed by atoms with Crippen molar-refractivity contribution in [3.05, 3.63) is 65.7 Å². The van der Waals surface area contributed by atoms with Crippen LogP contribution in [0.1, 0.15) is 63.5 Å². The summed E-state index contributed by atoms with van der Waals surface area (Å²) in [5.74, 6) is 0.657. The first-order valence-corrected chi connectivity index (χ1v) is 10.6. The van der Waals surface area contributed by atoms with Crippen molar-refractivity contribution in [2.45, 2.75) is 64.6 Å². The number of carbonyl (C=O) groups excluding carboxylic acids is 1. The number of benzene rings is 2. The molecule has 0 saturated heterocycles. The summed E-state index contributed by atoms with van der Waals surface area (Å²) in [6, 6.07) is 17.7. The van der Waals surface area contributed by atoms with Crippen LogP contribution in [0.5, 0.6) is 5.75 Å². The van der Waals surface area contributed by atoms with Crippen LogP contribution in [-0.4, -0.2) is 19.7 Å². The van der Waals surface area contributed by atoms with Crippen LogP contribution in [-0.2, 0) is 26.5 Å². The summed E-state index contributed by atoms with van der Waals surface area (Å²) in [5, 5.41) is 0. The molecule has 2 aromatic carbocycles. The minimum Gasteiger partial charge on any atom is -0.497 e. The first-order chi connectivity index (χ1) is 14.1. The smallest absolute Gasteiger partial charge is 0.305 e. The van der Waals surface area contributed by atoms with Crippen LogP contribution in [0.3, 0.4) is 0 Å². The normalized spacial score (nSPS) is 12.9. The lowest BCUT2D eigenvalue weighted by Crippen LogP contribution is -2.33. The summed E-state index contributed by atoms with van der Waals surface area (Å²) in [7, 11) is 1.65. The Balaban J connectivity index is 1.94. The summed E-state index contributed by atoms with van der Waals surface area (Å²) < 4.78 is 17.1. The number of carbonyl (C=O) groups is 1. The zero-order chi connectivity index (χ0) is 21.0. The van der Waals surface area contributed by atoms with Gasteiger partial charge in [-0.3, -0.25) is 4.79 Å². The molecule has 0 saturated carbocycles. The zero-order valence-corrected chi connectivity index (χ0v) is 18.0. The summed E-state index contributed by atoms with van der Waals surface area (Å²) in [5.41, 5.74) is 1.32. The third-order valence-electron chi connectivity index (χ3n) is 5.09. The van der Waals surface area contributed by atoms with E-state index in [2.05, 4.69) is 6.92 Å². The quantitative estimate of drug-likeness (QED) is 0.305. The van der Waals surface area contributed by atoms with Gasteiger partial charge in [-0.15, -0.1) is 0 Å². The molecule has 0 fully saturated rings. The monoisotopic (exact) mass is 398 g/mol. The molecule has 2 rings (SSSR count). The van der Waals surface area contributed by atoms with Crippen molar-refractivity contribution in [1.29, 1.82) is 0 Å². The highest BCUT2D eigenvalue weighted by Gasteiger charge is 2.29. The van der Waals surface area contributed by atoms with Gasteiger partial charge < -0.3 is 14.2 Å². The van der Waals surface area contributed by atoms with Crippen LogP contribution in [0.15, 0.2) is 54.6 Å². The molecular formula is C25H34O4. The van der Waals surface area contributed by atoms with Gasteiger partial charge in [-0.2, -0.15) is 0 Å². The molecule has 4 nitrogen and oxygen atoms in total. The van der Waals surface area contributed by atoms with Crippen molar-refractivity contribution in [3.8, 4) is 5.75 Å². The molecule has 2 aromatic rings. The standard InChI is InChI=1S/C25H34O4/c1-4-5-6-7-11-14-24(26)28-20-25(2,22-12-9-8-10-13-22)29-19-21-15-17-23(27-3)18-16-21/h8-10,12-13,15-18H,4-7,11,14,19-20H2,1-3H3. The molecular weight excluding hydrogens is 364 g/mol. The molecule has 0 radical (unpaired) electrons. The minimum atomic E-state index is -0.709. The van der Waals surface area contributed by atoms with Gasteiger partial charge in [-0.25, -0.2) is 0 Å². The Bertz CT molecular complexity index is 711. The van der Waals surface area contributed by atoms with Crippen molar-refractivity contribution in [2.75, 3.05) is 13.7 Å². The van der Waals surface area contributed by atoms with E-state index >= 15 is 0 Å². The van der Waals surface area contributed by atoms with Crippen LogP contribution in [0.2, 0.25) is 0 Å². The fraction of sp³-hybridized carbons (Fsp3) is 0.480. The second-order valence-electron chi connectivity index (χ2n) is 7.56. The largest absolute Gasteiger partial charge is 0.497 e. The van der Waals surface area contributed by atoms with Gasteiger partial charge in [-0.1, -0.05) is 75.1 Å². The molecule has 158 valence electrons. The van der Waals surface area contributed by atoms with Gasteiger partial charge in [0.15, 0.2) is 0 Å². The number of hydrogen-bond donors (Lipinski definition) is 0. The van der Waals surface area contributed by atoms with Gasteiger partial charge in [0.2, 0.25) is 0 Å². The number of rotatable bonds is 13. The summed E-state index contributed by atoms with van der Waals surface area (Å²) in [4.78, 5) is 12.2. The van der Waals surface area contributed by atoms with Gasteiger partial charge in [0, 0.05) is 6.42 Å². The Morgan fingerprint density at radius 1 is 0.931 bits per heavy atom. The van der Waals surface area contributed by atoms with Crippen molar-refractivity contribution in [2.24, 2.45) is 0 Å². The molecule has 4 heteroatoms. The maximum absolute atomic E-state index is 12.2. The molecule has 0 amide bonds. The summed E-state index contributed by atoms with van der Waals surface area (Å²) in [6.45, 7) is 4.77. The molecule has 0 spiro atoms. The van der Waals surface area contributed by atoms with Gasteiger partial charge in [0.25, 0.3) is 0 Å². The average Bonchev–Trinajstić information content (AvgIpc) is 2.77. The number of unbranched alkanes of at least 4 members (excludes halogenated alkanes) is 4. The molecule has 0 bridgehead atoms. The first kappa shape index (κ1) is 23.0. The maximum Gasteiger partial charge on any atom is 0.305 e. The molecule has 1 unspecified atom stereocenters. The molecule has 0 aliphatic rings. The van der Waals surface area contributed by atoms with E-state index in [0.717, 1.165) is 29.7 Å². The van der Waals surface area contributed by atoms with E-state index in [4.69, 9.17) is 14.2 Å². The highest BCUT2D eigenvalue weighted by atomic mass is 16.6. The van der Waals surface area contributed by atoms with Crippen LogP contribution < -0.4 is 4.74 Å². The SMILES string of the molecule is CCCCCCCC(=O)OCC(C)(OCc1ccc(OC)cc1)c1ccccc1. The predicted molar refractivity (Wildman–Crippen MR) is 116 cm³/mol. The van der Waals surface area contributed by atoms with E-state index in [1.165, 1.54) is 19.3 Å². The van der Waals surface area contributed by atoms with E-state index in [0.29, 0.717) is 13.0 Å². The molecule has 1 atom stereocenters. The van der Waals surface area contributed by atoms with Gasteiger partial charge in [0.05, 0.1) is 13.7 Å². The molecule has 0 aliphatic heterocycles. The molecule has 29 heavy (non-hydrogen) atoms. The van der Waals surface area contributed by atoms with Crippen molar-refractivity contribution >= 4 is 5.97 Å². The highest BCUT2D eigenvalue weighted by molar-refractivity contribution is 5.69. The highest BCUT2D eigenvalue weighted by Crippen LogP contribution is 2.28. The fourth-order valence-electron chi connectivity index (χ4n) is 3.13. The van der Waals surface area contributed by atoms with Crippen molar-refractivity contribution < 1.29 is 19.0 Å². The third-order valence-corrected chi connectivity index (χ3v) is 5.09. The lowest BCUT2D eigenvalue weighted by Gasteiger charge is -2.30. The Kier molecular flexibility index (Phi) is 9.72. The number of esters is 1. The van der Waals surface area contributed by atoms with E-state index in [9.17, 15) is 4.79 Å².